The molecule has 0 saturated carbocycles. The van der Waals surface area contributed by atoms with Crippen molar-refractivity contribution in [3.8, 4) is 0 Å². The molecule has 1 amide bonds. The lowest BCUT2D eigenvalue weighted by atomic mass is 9.93. The third kappa shape index (κ3) is 4.21. The van der Waals surface area contributed by atoms with Crippen molar-refractivity contribution >= 4 is 11.6 Å². The minimum Gasteiger partial charge on any atom is -0.388 e. The highest BCUT2D eigenvalue weighted by molar-refractivity contribution is 5.97. The highest BCUT2D eigenvalue weighted by Gasteiger charge is 2.24. The molecule has 3 N–H and O–H groups in total. The average Bonchev–Trinajstić information content (AvgIpc) is 2.43. The number of fused-ring (bicyclic) bond motifs is 1. The van der Waals surface area contributed by atoms with Crippen LogP contribution in [0.25, 0.3) is 0 Å². The zero-order valence-corrected chi connectivity index (χ0v) is 13.2. The normalized spacial score (nSPS) is 16.8. The van der Waals surface area contributed by atoms with E-state index in [1.807, 2.05) is 18.2 Å². The smallest absolute Gasteiger partial charge is 0.251 e. The lowest BCUT2D eigenvalue weighted by Crippen LogP contribution is -2.41. The third-order valence-corrected chi connectivity index (χ3v) is 3.82. The van der Waals surface area contributed by atoms with E-state index < -0.39 is 5.60 Å². The zero-order valence-electron chi connectivity index (χ0n) is 13.2. The number of aliphatic hydroxyl groups is 1. The van der Waals surface area contributed by atoms with E-state index in [9.17, 15) is 9.90 Å². The summed E-state index contributed by atoms with van der Waals surface area (Å²) in [6, 6.07) is 5.77. The van der Waals surface area contributed by atoms with Gasteiger partial charge in [0.2, 0.25) is 0 Å². The minimum atomic E-state index is -0.864. The number of nitrogens with one attached hydrogen (secondary N) is 2. The predicted octanol–water partition coefficient (Wildman–Crippen LogP) is 2.57. The van der Waals surface area contributed by atoms with Gasteiger partial charge in [-0.05, 0) is 49.8 Å². The van der Waals surface area contributed by atoms with Gasteiger partial charge in [0.15, 0.2) is 0 Å². The maximum Gasteiger partial charge on any atom is 0.251 e. The van der Waals surface area contributed by atoms with Gasteiger partial charge >= 0.3 is 0 Å². The largest absolute Gasteiger partial charge is 0.388 e. The maximum absolute atomic E-state index is 12.4. The number of hydrogen-bond donors (Lipinski definition) is 3. The summed E-state index contributed by atoms with van der Waals surface area (Å²) in [4.78, 5) is 12.4. The highest BCUT2D eigenvalue weighted by Crippen LogP contribution is 2.25. The topological polar surface area (TPSA) is 61.4 Å². The summed E-state index contributed by atoms with van der Waals surface area (Å²) < 4.78 is 0. The fourth-order valence-corrected chi connectivity index (χ4v) is 3.04. The molecule has 1 aliphatic rings. The van der Waals surface area contributed by atoms with Crippen molar-refractivity contribution in [3.05, 3.63) is 29.3 Å². The standard InChI is InChI=1S/C17H26N2O2/c1-12(2)10-17(3,21)11-19-16(20)14-6-4-8-15-13(14)7-5-9-18-15/h4,6,8,12,18,21H,5,7,9-11H2,1-3H3,(H,19,20). The molecule has 1 atom stereocenters. The van der Waals surface area contributed by atoms with Crippen LogP contribution >= 0.6 is 0 Å². The second-order valence-electron chi connectivity index (χ2n) is 6.64. The predicted molar refractivity (Wildman–Crippen MR) is 85.7 cm³/mol. The Morgan fingerprint density at radius 2 is 2.24 bits per heavy atom. The van der Waals surface area contributed by atoms with E-state index in [4.69, 9.17) is 0 Å². The number of amides is 1. The second kappa shape index (κ2) is 6.48. The molecule has 0 aliphatic carbocycles. The van der Waals surface area contributed by atoms with E-state index in [1.54, 1.807) is 6.92 Å². The first-order valence-corrected chi connectivity index (χ1v) is 7.75. The monoisotopic (exact) mass is 290 g/mol. The number of carbonyl (C=O) groups is 1. The summed E-state index contributed by atoms with van der Waals surface area (Å²) in [6.45, 7) is 7.14. The number of hydrogen-bond acceptors (Lipinski definition) is 3. The van der Waals surface area contributed by atoms with E-state index in [0.717, 1.165) is 36.2 Å². The van der Waals surface area contributed by atoms with Gasteiger partial charge in [-0.25, -0.2) is 0 Å². The SMILES string of the molecule is CC(C)CC(C)(O)CNC(=O)c1cccc2c1CCCN2. The Bertz CT molecular complexity index is 510. The minimum absolute atomic E-state index is 0.0976. The Labute approximate surface area is 126 Å². The molecule has 21 heavy (non-hydrogen) atoms. The maximum atomic E-state index is 12.4. The number of benzene rings is 1. The molecule has 0 aromatic heterocycles. The van der Waals surface area contributed by atoms with Crippen LogP contribution < -0.4 is 10.6 Å². The average molecular weight is 290 g/mol. The van der Waals surface area contributed by atoms with Gasteiger partial charge in [-0.2, -0.15) is 0 Å². The first-order chi connectivity index (χ1) is 9.89. The Kier molecular flexibility index (Phi) is 4.88. The van der Waals surface area contributed by atoms with Crippen LogP contribution in [0.3, 0.4) is 0 Å². The molecule has 0 radical (unpaired) electrons. The fraction of sp³-hybridized carbons (Fsp3) is 0.588. The van der Waals surface area contributed by atoms with Gasteiger partial charge in [-0.3, -0.25) is 4.79 Å². The van der Waals surface area contributed by atoms with Crippen molar-refractivity contribution in [2.45, 2.75) is 45.6 Å². The molecule has 116 valence electrons. The highest BCUT2D eigenvalue weighted by atomic mass is 16.3. The van der Waals surface area contributed by atoms with Crippen LogP contribution in [0.2, 0.25) is 0 Å². The van der Waals surface area contributed by atoms with Crippen molar-refractivity contribution < 1.29 is 9.90 Å². The lowest BCUT2D eigenvalue weighted by Gasteiger charge is -2.26. The van der Waals surface area contributed by atoms with Gasteiger partial charge in [-0.15, -0.1) is 0 Å². The van der Waals surface area contributed by atoms with Crippen LogP contribution in [0.5, 0.6) is 0 Å². The molecule has 4 nitrogen and oxygen atoms in total. The van der Waals surface area contributed by atoms with E-state index in [2.05, 4.69) is 24.5 Å². The van der Waals surface area contributed by atoms with E-state index in [0.29, 0.717) is 12.3 Å². The number of carbonyl (C=O) groups excluding carboxylic acids is 1. The van der Waals surface area contributed by atoms with Crippen molar-refractivity contribution in [3.63, 3.8) is 0 Å². The fourth-order valence-electron chi connectivity index (χ4n) is 3.04. The van der Waals surface area contributed by atoms with Gasteiger partial charge in [0.25, 0.3) is 5.91 Å². The summed E-state index contributed by atoms with van der Waals surface area (Å²) in [7, 11) is 0. The Hall–Kier alpha value is -1.55. The number of rotatable bonds is 5. The van der Waals surface area contributed by atoms with Crippen molar-refractivity contribution in [2.24, 2.45) is 5.92 Å². The van der Waals surface area contributed by atoms with Gasteiger partial charge < -0.3 is 15.7 Å². The quantitative estimate of drug-likeness (QED) is 0.781. The Morgan fingerprint density at radius 1 is 1.48 bits per heavy atom. The molecule has 1 aliphatic heterocycles. The lowest BCUT2D eigenvalue weighted by molar-refractivity contribution is 0.0368. The van der Waals surface area contributed by atoms with E-state index in [1.165, 1.54) is 0 Å². The number of anilines is 1. The van der Waals surface area contributed by atoms with Crippen LogP contribution in [-0.2, 0) is 6.42 Å². The molecule has 0 saturated heterocycles. The molecule has 0 spiro atoms. The van der Waals surface area contributed by atoms with Crippen molar-refractivity contribution in [1.82, 2.24) is 5.32 Å². The molecule has 1 aromatic rings. The van der Waals surface area contributed by atoms with Gasteiger partial charge in [0, 0.05) is 24.3 Å². The summed E-state index contributed by atoms with van der Waals surface area (Å²) in [5.74, 6) is 0.296. The van der Waals surface area contributed by atoms with Crippen LogP contribution in [0.4, 0.5) is 5.69 Å². The van der Waals surface area contributed by atoms with Crippen LogP contribution in [0, 0.1) is 5.92 Å². The van der Waals surface area contributed by atoms with Gasteiger partial charge in [0.1, 0.15) is 0 Å². The van der Waals surface area contributed by atoms with Gasteiger partial charge in [-0.1, -0.05) is 19.9 Å². The molecule has 0 fully saturated rings. The Morgan fingerprint density at radius 3 is 2.95 bits per heavy atom. The first kappa shape index (κ1) is 15.8. The molecular weight excluding hydrogens is 264 g/mol. The van der Waals surface area contributed by atoms with E-state index >= 15 is 0 Å². The molecule has 2 rings (SSSR count). The Balaban J connectivity index is 2.04. The third-order valence-electron chi connectivity index (χ3n) is 3.82. The molecule has 0 bridgehead atoms. The summed E-state index contributed by atoms with van der Waals surface area (Å²) in [5, 5.41) is 16.5. The van der Waals surface area contributed by atoms with Crippen molar-refractivity contribution in [1.29, 1.82) is 0 Å². The summed E-state index contributed by atoms with van der Waals surface area (Å²) in [5.41, 5.74) is 2.00. The first-order valence-electron chi connectivity index (χ1n) is 7.75. The molecule has 1 aromatic carbocycles. The second-order valence-corrected chi connectivity index (χ2v) is 6.64. The van der Waals surface area contributed by atoms with Crippen LogP contribution in [0.1, 0.15) is 49.5 Å². The van der Waals surface area contributed by atoms with Crippen molar-refractivity contribution in [2.75, 3.05) is 18.4 Å². The summed E-state index contributed by atoms with van der Waals surface area (Å²) >= 11 is 0. The summed E-state index contributed by atoms with van der Waals surface area (Å²) in [6.07, 6.45) is 2.64. The molecule has 1 heterocycles. The molecule has 1 unspecified atom stereocenters. The molecule has 4 heteroatoms. The van der Waals surface area contributed by atoms with E-state index in [-0.39, 0.29) is 12.5 Å². The zero-order chi connectivity index (χ0) is 15.5. The van der Waals surface area contributed by atoms with Gasteiger partial charge in [0.05, 0.1) is 5.60 Å². The van der Waals surface area contributed by atoms with Crippen LogP contribution in [-0.4, -0.2) is 29.7 Å². The molecular formula is C17H26N2O2. The van der Waals surface area contributed by atoms with Crippen LogP contribution in [0.15, 0.2) is 18.2 Å².